The van der Waals surface area contributed by atoms with Crippen LogP contribution in [0, 0.1) is 17.8 Å². The van der Waals surface area contributed by atoms with E-state index in [0.29, 0.717) is 36.9 Å². The smallest absolute Gasteiger partial charge is 0.410 e. The van der Waals surface area contributed by atoms with Gasteiger partial charge < -0.3 is 34.8 Å². The number of hydrogen-bond donors (Lipinski definition) is 3. The van der Waals surface area contributed by atoms with Crippen molar-refractivity contribution in [3.8, 4) is 0 Å². The second-order valence-corrected chi connectivity index (χ2v) is 15.0. The normalized spacial score (nSPS) is 15.6. The first-order valence-electron chi connectivity index (χ1n) is 18.7. The molecular formula is C39H63ClN6O6. The van der Waals surface area contributed by atoms with E-state index in [1.807, 2.05) is 44.2 Å². The van der Waals surface area contributed by atoms with Crippen molar-refractivity contribution in [2.75, 3.05) is 34.2 Å². The number of aliphatic hydroxyl groups is 1. The minimum Gasteiger partial charge on any atom is -0.436 e. The van der Waals surface area contributed by atoms with Crippen molar-refractivity contribution in [2.45, 2.75) is 116 Å². The van der Waals surface area contributed by atoms with Crippen molar-refractivity contribution in [2.24, 2.45) is 17.8 Å². The summed E-state index contributed by atoms with van der Waals surface area (Å²) in [5.41, 5.74) is 1.38. The van der Waals surface area contributed by atoms with Crippen LogP contribution in [0.2, 0.25) is 0 Å². The van der Waals surface area contributed by atoms with Gasteiger partial charge in [0.2, 0.25) is 11.8 Å². The summed E-state index contributed by atoms with van der Waals surface area (Å²) in [5.74, 6) is -0.311. The summed E-state index contributed by atoms with van der Waals surface area (Å²) >= 11 is 0. The van der Waals surface area contributed by atoms with Crippen LogP contribution >= 0.6 is 12.4 Å². The van der Waals surface area contributed by atoms with Gasteiger partial charge in [0, 0.05) is 59.2 Å². The number of H-pyrrole nitrogens is 1. The molecule has 4 atom stereocenters. The number of aliphatic hydroxyl groups excluding tert-OH is 1. The summed E-state index contributed by atoms with van der Waals surface area (Å²) in [6, 6.07) is 7.82. The molecule has 3 N–H and O–H groups in total. The zero-order valence-corrected chi connectivity index (χ0v) is 33.1. The van der Waals surface area contributed by atoms with Gasteiger partial charge in [0.25, 0.3) is 5.91 Å². The number of rotatable bonds is 19. The summed E-state index contributed by atoms with van der Waals surface area (Å²) in [6.07, 6.45) is 8.50. The molecule has 0 spiro atoms. The van der Waals surface area contributed by atoms with Crippen molar-refractivity contribution in [1.82, 2.24) is 30.0 Å². The highest BCUT2D eigenvalue weighted by Gasteiger charge is 2.36. The molecule has 0 radical (unpaired) electrons. The third-order valence-corrected chi connectivity index (χ3v) is 9.95. The second-order valence-electron chi connectivity index (χ2n) is 15.0. The minimum absolute atomic E-state index is 0. The molecule has 0 aliphatic heterocycles. The SMILES string of the molecule is CC(C)CC[C@H](O)[C@H](CC1CCCCC1)NC(=O)[C@H](Cc1c[nH]cn1)N(C)C(=O)[C@H](Cc1ccccc1)OC(=O)N(C)CCN(C)C(=O)C(C)C.Cl. The van der Waals surface area contributed by atoms with Gasteiger partial charge in [-0.15, -0.1) is 12.4 Å². The molecule has 4 amide bonds. The van der Waals surface area contributed by atoms with E-state index >= 15 is 0 Å². The van der Waals surface area contributed by atoms with E-state index in [0.717, 1.165) is 37.7 Å². The first kappa shape index (κ1) is 44.5. The number of likely N-dealkylation sites (N-methyl/N-ethyl adjacent to an activating group) is 3. The Bertz CT molecular complexity index is 1350. The number of benzene rings is 1. The van der Waals surface area contributed by atoms with Crippen LogP contribution in [0.5, 0.6) is 0 Å². The fraction of sp³-hybridized carbons (Fsp3) is 0.667. The van der Waals surface area contributed by atoms with E-state index in [2.05, 4.69) is 29.1 Å². The van der Waals surface area contributed by atoms with E-state index in [-0.39, 0.29) is 43.6 Å². The quantitative estimate of drug-likeness (QED) is 0.178. The van der Waals surface area contributed by atoms with Gasteiger partial charge in [0.15, 0.2) is 6.10 Å². The summed E-state index contributed by atoms with van der Waals surface area (Å²) in [5, 5.41) is 14.5. The third-order valence-electron chi connectivity index (χ3n) is 9.95. The highest BCUT2D eigenvalue weighted by atomic mass is 35.5. The van der Waals surface area contributed by atoms with Gasteiger partial charge in [0.1, 0.15) is 6.04 Å². The molecule has 0 bridgehead atoms. The van der Waals surface area contributed by atoms with Crippen LogP contribution in [0.25, 0.3) is 0 Å². The summed E-state index contributed by atoms with van der Waals surface area (Å²) in [7, 11) is 4.80. The topological polar surface area (TPSA) is 148 Å². The lowest BCUT2D eigenvalue weighted by molar-refractivity contribution is -0.146. The maximum absolute atomic E-state index is 14.3. The Morgan fingerprint density at radius 1 is 0.923 bits per heavy atom. The van der Waals surface area contributed by atoms with Crippen LogP contribution in [0.1, 0.15) is 90.3 Å². The van der Waals surface area contributed by atoms with Gasteiger partial charge in [0.05, 0.1) is 24.2 Å². The average Bonchev–Trinajstić information content (AvgIpc) is 3.64. The van der Waals surface area contributed by atoms with Crippen LogP contribution in [0.3, 0.4) is 0 Å². The molecule has 1 saturated carbocycles. The van der Waals surface area contributed by atoms with E-state index in [1.54, 1.807) is 32.2 Å². The second kappa shape index (κ2) is 22.4. The van der Waals surface area contributed by atoms with E-state index in [1.165, 1.54) is 22.5 Å². The van der Waals surface area contributed by atoms with E-state index < -0.39 is 42.2 Å². The molecule has 1 fully saturated rings. The Labute approximate surface area is 316 Å². The van der Waals surface area contributed by atoms with E-state index in [9.17, 15) is 24.3 Å². The number of ether oxygens (including phenoxy) is 1. The largest absolute Gasteiger partial charge is 0.436 e. The monoisotopic (exact) mass is 746 g/mol. The summed E-state index contributed by atoms with van der Waals surface area (Å²) in [4.78, 5) is 65.9. The molecule has 1 aromatic carbocycles. The number of amides is 4. The van der Waals surface area contributed by atoms with Gasteiger partial charge in [-0.05, 0) is 36.7 Å². The van der Waals surface area contributed by atoms with Gasteiger partial charge >= 0.3 is 6.09 Å². The first-order valence-corrected chi connectivity index (χ1v) is 18.7. The number of nitrogens with one attached hydrogen (secondary N) is 2. The lowest BCUT2D eigenvalue weighted by Crippen LogP contribution is -2.56. The van der Waals surface area contributed by atoms with Crippen molar-refractivity contribution in [1.29, 1.82) is 0 Å². The Hall–Kier alpha value is -3.64. The van der Waals surface area contributed by atoms with Crippen molar-refractivity contribution in [3.63, 3.8) is 0 Å². The fourth-order valence-corrected chi connectivity index (χ4v) is 6.63. The fourth-order valence-electron chi connectivity index (χ4n) is 6.63. The van der Waals surface area contributed by atoms with Crippen LogP contribution < -0.4 is 5.32 Å². The molecule has 1 aliphatic rings. The average molecular weight is 747 g/mol. The van der Waals surface area contributed by atoms with Crippen molar-refractivity contribution in [3.05, 3.63) is 54.1 Å². The number of halogens is 1. The molecule has 13 heteroatoms. The Balaban J connectivity index is 0.00000936. The summed E-state index contributed by atoms with van der Waals surface area (Å²) < 4.78 is 5.88. The Morgan fingerprint density at radius 3 is 2.17 bits per heavy atom. The predicted octanol–water partition coefficient (Wildman–Crippen LogP) is 5.25. The number of carbonyl (C=O) groups is 4. The maximum atomic E-state index is 14.3. The number of aromatic nitrogens is 2. The molecule has 3 rings (SSSR count). The van der Waals surface area contributed by atoms with Crippen LogP contribution in [-0.4, -0.2) is 112 Å². The first-order chi connectivity index (χ1) is 24.3. The van der Waals surface area contributed by atoms with Gasteiger partial charge in [-0.25, -0.2) is 9.78 Å². The molecule has 2 aromatic rings. The zero-order valence-electron chi connectivity index (χ0n) is 32.3. The molecular weight excluding hydrogens is 684 g/mol. The summed E-state index contributed by atoms with van der Waals surface area (Å²) in [6.45, 7) is 8.38. The molecule has 292 valence electrons. The number of imidazole rings is 1. The lowest BCUT2D eigenvalue weighted by Gasteiger charge is -2.34. The van der Waals surface area contributed by atoms with Crippen molar-refractivity contribution < 1.29 is 29.0 Å². The number of carbonyl (C=O) groups excluding carboxylic acids is 4. The van der Waals surface area contributed by atoms with Gasteiger partial charge in [-0.2, -0.15) is 0 Å². The molecule has 1 aromatic heterocycles. The van der Waals surface area contributed by atoms with Gasteiger partial charge in [-0.3, -0.25) is 14.4 Å². The van der Waals surface area contributed by atoms with Crippen LogP contribution in [-0.2, 0) is 32.0 Å². The molecule has 1 aliphatic carbocycles. The maximum Gasteiger partial charge on any atom is 0.410 e. The highest BCUT2D eigenvalue weighted by Crippen LogP contribution is 2.29. The molecule has 1 heterocycles. The predicted molar refractivity (Wildman–Crippen MR) is 205 cm³/mol. The zero-order chi connectivity index (χ0) is 37.5. The molecule has 12 nitrogen and oxygen atoms in total. The van der Waals surface area contributed by atoms with Crippen molar-refractivity contribution >= 4 is 36.2 Å². The highest BCUT2D eigenvalue weighted by molar-refractivity contribution is 5.90. The van der Waals surface area contributed by atoms with Crippen LogP contribution in [0.4, 0.5) is 4.79 Å². The standard InChI is InChI=1S/C39H62N6O6.ClH/c1-27(2)18-19-34(46)32(22-29-14-10-8-11-15-29)42-36(47)33(24-31-25-40-26-41-31)45(7)38(49)35(23-30-16-12-9-13-17-30)51-39(50)44(6)21-20-43(5)37(48)28(3)4;/h9,12-13,16-17,25-29,32-35,46H,8,10-11,14-15,18-24H2,1-7H3,(H,40,41)(H,42,47);1H/t32-,33-,34-,35-;/m0./s1. The molecule has 0 saturated heterocycles. The molecule has 52 heavy (non-hydrogen) atoms. The van der Waals surface area contributed by atoms with E-state index in [4.69, 9.17) is 4.74 Å². The molecule has 0 unspecified atom stereocenters. The lowest BCUT2D eigenvalue weighted by atomic mass is 9.83. The Morgan fingerprint density at radius 2 is 1.58 bits per heavy atom. The number of nitrogens with zero attached hydrogens (tertiary/aromatic N) is 4. The Kier molecular flexibility index (Phi) is 19.2. The number of aromatic amines is 1. The van der Waals surface area contributed by atoms with Gasteiger partial charge in [-0.1, -0.05) is 90.1 Å². The van der Waals surface area contributed by atoms with Crippen LogP contribution in [0.15, 0.2) is 42.9 Å². The number of hydrogen-bond acceptors (Lipinski definition) is 7. The minimum atomic E-state index is -1.23. The third kappa shape index (κ3) is 14.4.